The Bertz CT molecular complexity index is 775. The van der Waals surface area contributed by atoms with Crippen molar-refractivity contribution in [1.29, 1.82) is 0 Å². The Morgan fingerprint density at radius 2 is 1.86 bits per heavy atom. The van der Waals surface area contributed by atoms with Crippen LogP contribution in [-0.2, 0) is 10.0 Å². The van der Waals surface area contributed by atoms with Gasteiger partial charge in [-0.2, -0.15) is 4.31 Å². The molecule has 116 valence electrons. The van der Waals surface area contributed by atoms with Crippen molar-refractivity contribution >= 4 is 21.6 Å². The summed E-state index contributed by atoms with van der Waals surface area (Å²) < 4.78 is 27.6. The van der Waals surface area contributed by atoms with Gasteiger partial charge in [0.25, 0.3) is 0 Å². The van der Waals surface area contributed by atoms with Crippen LogP contribution in [0, 0.1) is 6.92 Å². The van der Waals surface area contributed by atoms with E-state index in [1.807, 2.05) is 37.3 Å². The lowest BCUT2D eigenvalue weighted by molar-refractivity contribution is 0.397. The summed E-state index contributed by atoms with van der Waals surface area (Å²) in [7, 11) is -3.58. The average molecular weight is 336 g/mol. The third kappa shape index (κ3) is 2.78. The molecular formula is C17H18ClNO2S. The lowest BCUT2D eigenvalue weighted by atomic mass is 10.1. The molecule has 0 bridgehead atoms. The van der Waals surface area contributed by atoms with Crippen LogP contribution >= 0.6 is 11.6 Å². The summed E-state index contributed by atoms with van der Waals surface area (Å²) in [6, 6.07) is 14.8. The van der Waals surface area contributed by atoms with Gasteiger partial charge in [-0.3, -0.25) is 0 Å². The monoisotopic (exact) mass is 335 g/mol. The average Bonchev–Trinajstić information content (AvgIpc) is 2.98. The normalized spacial score (nSPS) is 19.5. The largest absolute Gasteiger partial charge is 0.245 e. The van der Waals surface area contributed by atoms with E-state index in [0.29, 0.717) is 11.6 Å². The van der Waals surface area contributed by atoms with E-state index in [1.165, 1.54) is 0 Å². The van der Waals surface area contributed by atoms with Crippen molar-refractivity contribution in [1.82, 2.24) is 4.31 Å². The van der Waals surface area contributed by atoms with Crippen LogP contribution in [-0.4, -0.2) is 19.3 Å². The van der Waals surface area contributed by atoms with Gasteiger partial charge in [-0.15, -0.1) is 0 Å². The summed E-state index contributed by atoms with van der Waals surface area (Å²) >= 11 is 6.18. The molecule has 3 nitrogen and oxygen atoms in total. The van der Waals surface area contributed by atoms with Gasteiger partial charge in [0.2, 0.25) is 10.0 Å². The zero-order chi connectivity index (χ0) is 15.7. The van der Waals surface area contributed by atoms with Crippen LogP contribution in [0.25, 0.3) is 0 Å². The van der Waals surface area contributed by atoms with Crippen molar-refractivity contribution in [2.75, 3.05) is 6.54 Å². The van der Waals surface area contributed by atoms with Gasteiger partial charge in [-0.05, 0) is 43.0 Å². The smallest absolute Gasteiger partial charge is 0.207 e. The Hall–Kier alpha value is -1.36. The molecule has 0 amide bonds. The van der Waals surface area contributed by atoms with Crippen LogP contribution in [0.5, 0.6) is 0 Å². The van der Waals surface area contributed by atoms with Gasteiger partial charge in [0.1, 0.15) is 4.90 Å². The highest BCUT2D eigenvalue weighted by Gasteiger charge is 2.36. The second kappa shape index (κ2) is 6.03. The molecule has 2 aromatic carbocycles. The minimum absolute atomic E-state index is 0.108. The fourth-order valence-electron chi connectivity index (χ4n) is 2.98. The van der Waals surface area contributed by atoms with Crippen LogP contribution in [0.15, 0.2) is 53.4 Å². The quantitative estimate of drug-likeness (QED) is 0.844. The van der Waals surface area contributed by atoms with Crippen molar-refractivity contribution in [2.24, 2.45) is 0 Å². The van der Waals surface area contributed by atoms with Gasteiger partial charge in [0.15, 0.2) is 0 Å². The molecule has 0 aliphatic carbocycles. The maximum absolute atomic E-state index is 13.0. The number of rotatable bonds is 3. The molecule has 1 saturated heterocycles. The topological polar surface area (TPSA) is 37.4 Å². The molecule has 0 radical (unpaired) electrons. The van der Waals surface area contributed by atoms with Crippen molar-refractivity contribution < 1.29 is 8.42 Å². The SMILES string of the molecule is Cc1ccc(S(=O)(=O)N2CCCC2c2ccccc2)c(Cl)c1. The number of hydrogen-bond acceptors (Lipinski definition) is 2. The first-order valence-corrected chi connectivity index (χ1v) is 9.15. The first-order chi connectivity index (χ1) is 10.5. The maximum Gasteiger partial charge on any atom is 0.245 e. The van der Waals surface area contributed by atoms with E-state index < -0.39 is 10.0 Å². The molecule has 3 rings (SSSR count). The van der Waals surface area contributed by atoms with Gasteiger partial charge in [-0.1, -0.05) is 48.0 Å². The zero-order valence-electron chi connectivity index (χ0n) is 12.4. The molecule has 1 unspecified atom stereocenters. The van der Waals surface area contributed by atoms with E-state index in [-0.39, 0.29) is 10.9 Å². The third-order valence-corrected chi connectivity index (χ3v) is 6.45. The molecule has 1 fully saturated rings. The number of sulfonamides is 1. The highest BCUT2D eigenvalue weighted by Crippen LogP contribution is 2.38. The molecule has 2 aromatic rings. The molecule has 0 N–H and O–H groups in total. The minimum atomic E-state index is -3.58. The van der Waals surface area contributed by atoms with E-state index in [4.69, 9.17) is 11.6 Å². The predicted molar refractivity (Wildman–Crippen MR) is 88.5 cm³/mol. The van der Waals surface area contributed by atoms with Gasteiger partial charge in [-0.25, -0.2) is 8.42 Å². The van der Waals surface area contributed by atoms with Gasteiger partial charge in [0.05, 0.1) is 11.1 Å². The molecular weight excluding hydrogens is 318 g/mol. The molecule has 1 atom stereocenters. The molecule has 0 aromatic heterocycles. The fraction of sp³-hybridized carbons (Fsp3) is 0.294. The minimum Gasteiger partial charge on any atom is -0.207 e. The number of hydrogen-bond donors (Lipinski definition) is 0. The summed E-state index contributed by atoms with van der Waals surface area (Å²) in [5, 5.41) is 0.290. The zero-order valence-corrected chi connectivity index (χ0v) is 13.9. The molecule has 0 spiro atoms. The molecule has 1 aliphatic rings. The molecule has 22 heavy (non-hydrogen) atoms. The van der Waals surface area contributed by atoms with Crippen molar-refractivity contribution in [3.63, 3.8) is 0 Å². The summed E-state index contributed by atoms with van der Waals surface area (Å²) in [4.78, 5) is 0.197. The molecule has 0 saturated carbocycles. The van der Waals surface area contributed by atoms with E-state index in [9.17, 15) is 8.42 Å². The number of halogens is 1. The Kier molecular flexibility index (Phi) is 4.26. The first-order valence-electron chi connectivity index (χ1n) is 7.33. The Morgan fingerprint density at radius 3 is 2.55 bits per heavy atom. The lowest BCUT2D eigenvalue weighted by Crippen LogP contribution is -2.30. The Balaban J connectivity index is 2.01. The van der Waals surface area contributed by atoms with Crippen LogP contribution in [0.1, 0.15) is 30.0 Å². The van der Waals surface area contributed by atoms with E-state index in [1.54, 1.807) is 22.5 Å². The van der Waals surface area contributed by atoms with Crippen LogP contribution in [0.4, 0.5) is 0 Å². The van der Waals surface area contributed by atoms with Crippen molar-refractivity contribution in [3.8, 4) is 0 Å². The third-order valence-electron chi connectivity index (χ3n) is 4.06. The fourth-order valence-corrected chi connectivity index (χ4v) is 5.23. The highest BCUT2D eigenvalue weighted by atomic mass is 35.5. The Morgan fingerprint density at radius 1 is 1.14 bits per heavy atom. The maximum atomic E-state index is 13.0. The number of benzene rings is 2. The highest BCUT2D eigenvalue weighted by molar-refractivity contribution is 7.89. The molecule has 1 aliphatic heterocycles. The second-order valence-electron chi connectivity index (χ2n) is 5.62. The van der Waals surface area contributed by atoms with E-state index in [0.717, 1.165) is 24.0 Å². The van der Waals surface area contributed by atoms with Crippen LogP contribution in [0.3, 0.4) is 0 Å². The summed E-state index contributed by atoms with van der Waals surface area (Å²) in [5.74, 6) is 0. The summed E-state index contributed by atoms with van der Waals surface area (Å²) in [6.45, 7) is 2.43. The molecule has 5 heteroatoms. The standard InChI is InChI=1S/C17H18ClNO2S/c1-13-9-10-17(15(18)12-13)22(20,21)19-11-5-8-16(19)14-6-3-2-4-7-14/h2-4,6-7,9-10,12,16H,5,8,11H2,1H3. The molecule has 1 heterocycles. The second-order valence-corrected chi connectivity index (χ2v) is 7.88. The predicted octanol–water partition coefficient (Wildman–Crippen LogP) is 4.17. The van der Waals surface area contributed by atoms with Gasteiger partial charge < -0.3 is 0 Å². The number of aryl methyl sites for hydroxylation is 1. The van der Waals surface area contributed by atoms with Gasteiger partial charge in [0, 0.05) is 6.54 Å². The lowest BCUT2D eigenvalue weighted by Gasteiger charge is -2.25. The van der Waals surface area contributed by atoms with E-state index in [2.05, 4.69) is 0 Å². The van der Waals surface area contributed by atoms with Crippen molar-refractivity contribution in [2.45, 2.75) is 30.7 Å². The number of nitrogens with zero attached hydrogens (tertiary/aromatic N) is 1. The van der Waals surface area contributed by atoms with E-state index >= 15 is 0 Å². The van der Waals surface area contributed by atoms with Crippen LogP contribution < -0.4 is 0 Å². The summed E-state index contributed by atoms with van der Waals surface area (Å²) in [6.07, 6.45) is 1.70. The Labute approximate surface area is 136 Å². The first kappa shape index (κ1) is 15.5. The van der Waals surface area contributed by atoms with Crippen molar-refractivity contribution in [3.05, 3.63) is 64.7 Å². The summed E-state index contributed by atoms with van der Waals surface area (Å²) in [5.41, 5.74) is 1.98. The van der Waals surface area contributed by atoms with Crippen LogP contribution in [0.2, 0.25) is 5.02 Å². The van der Waals surface area contributed by atoms with Gasteiger partial charge >= 0.3 is 0 Å².